The van der Waals surface area contributed by atoms with Gasteiger partial charge in [-0.15, -0.1) is 10.2 Å². The molecule has 1 atom stereocenters. The van der Waals surface area contributed by atoms with E-state index in [1.54, 1.807) is 19.2 Å². The second-order valence-corrected chi connectivity index (χ2v) is 8.00. The Hall–Kier alpha value is -3.13. The number of fused-ring (bicyclic) bond motifs is 1. The van der Waals surface area contributed by atoms with Crippen molar-refractivity contribution in [1.82, 2.24) is 25.0 Å². The van der Waals surface area contributed by atoms with Gasteiger partial charge in [0.1, 0.15) is 11.6 Å². The number of carbonyl (C=O) groups excluding carboxylic acids is 1. The lowest BCUT2D eigenvalue weighted by molar-refractivity contribution is 0.0909. The highest BCUT2D eigenvalue weighted by Gasteiger charge is 2.24. The van der Waals surface area contributed by atoms with E-state index in [1.807, 2.05) is 13.0 Å². The smallest absolute Gasteiger partial charge is 0.287 e. The molecule has 1 aliphatic heterocycles. The number of hydrogen-bond acceptors (Lipinski definition) is 6. The van der Waals surface area contributed by atoms with Gasteiger partial charge in [0.25, 0.3) is 5.91 Å². The van der Waals surface area contributed by atoms with Gasteiger partial charge in [-0.3, -0.25) is 9.69 Å². The second kappa shape index (κ2) is 8.93. The van der Waals surface area contributed by atoms with Crippen molar-refractivity contribution in [2.75, 3.05) is 20.2 Å². The first-order valence-electron chi connectivity index (χ1n) is 10.6. The first kappa shape index (κ1) is 21.1. The minimum atomic E-state index is -0.267. The van der Waals surface area contributed by atoms with Crippen molar-refractivity contribution < 1.29 is 13.9 Å². The van der Waals surface area contributed by atoms with Crippen molar-refractivity contribution in [3.63, 3.8) is 0 Å². The molecule has 0 saturated carbocycles. The molecule has 164 valence electrons. The topological polar surface area (TPSA) is 85.4 Å². The van der Waals surface area contributed by atoms with Gasteiger partial charge in [0, 0.05) is 32.6 Å². The highest BCUT2D eigenvalue weighted by molar-refractivity contribution is 5.91. The van der Waals surface area contributed by atoms with Gasteiger partial charge in [0.15, 0.2) is 11.6 Å². The molecule has 0 aliphatic carbocycles. The number of carbonyl (C=O) groups is 1. The van der Waals surface area contributed by atoms with E-state index in [1.165, 1.54) is 23.0 Å². The maximum Gasteiger partial charge on any atom is 0.287 e. The molecular formula is C23H29N5O3. The fourth-order valence-electron chi connectivity index (χ4n) is 4.09. The van der Waals surface area contributed by atoms with Gasteiger partial charge < -0.3 is 19.0 Å². The minimum Gasteiger partial charge on any atom is -0.496 e. The fraction of sp³-hybridized carbons (Fsp3) is 0.435. The van der Waals surface area contributed by atoms with Crippen LogP contribution in [-0.2, 0) is 19.5 Å². The van der Waals surface area contributed by atoms with Crippen LogP contribution in [0.25, 0.3) is 0 Å². The largest absolute Gasteiger partial charge is 0.496 e. The number of aromatic nitrogens is 3. The standard InChI is InChI=1S/C23H29N5O3/c1-15-16(2)19(30-4)8-7-18(15)14-27-10-9-21-25-26-22(28(21)12-11-27)17(3)24-23(29)20-6-5-13-31-20/h5-8,13,17H,9-12,14H2,1-4H3,(H,24,29). The number of amides is 1. The number of ether oxygens (including phenoxy) is 1. The molecule has 0 radical (unpaired) electrons. The number of rotatable bonds is 6. The average molecular weight is 424 g/mol. The first-order chi connectivity index (χ1) is 15.0. The van der Waals surface area contributed by atoms with Gasteiger partial charge in [0.05, 0.1) is 19.4 Å². The van der Waals surface area contributed by atoms with Crippen molar-refractivity contribution in [3.8, 4) is 5.75 Å². The number of nitrogens with zero attached hydrogens (tertiary/aromatic N) is 4. The predicted octanol–water partition coefficient (Wildman–Crippen LogP) is 3.05. The van der Waals surface area contributed by atoms with E-state index in [-0.39, 0.29) is 11.9 Å². The summed E-state index contributed by atoms with van der Waals surface area (Å²) in [6.45, 7) is 9.65. The molecule has 4 rings (SSSR count). The van der Waals surface area contributed by atoms with Crippen molar-refractivity contribution in [1.29, 1.82) is 0 Å². The minimum absolute atomic E-state index is 0.254. The Morgan fingerprint density at radius 3 is 2.77 bits per heavy atom. The molecule has 1 aliphatic rings. The van der Waals surface area contributed by atoms with Crippen LogP contribution in [0.15, 0.2) is 34.9 Å². The third-order valence-electron chi connectivity index (χ3n) is 6.09. The molecule has 3 heterocycles. The quantitative estimate of drug-likeness (QED) is 0.656. The summed E-state index contributed by atoms with van der Waals surface area (Å²) in [5.74, 6) is 2.69. The van der Waals surface area contributed by atoms with E-state index in [0.717, 1.165) is 50.0 Å². The number of furan rings is 1. The molecule has 0 bridgehead atoms. The Labute approximate surface area is 182 Å². The summed E-state index contributed by atoms with van der Waals surface area (Å²) < 4.78 is 12.8. The SMILES string of the molecule is COc1ccc(CN2CCc3nnc(C(C)NC(=O)c4ccco4)n3CC2)c(C)c1C. The van der Waals surface area contributed by atoms with Crippen molar-refractivity contribution >= 4 is 5.91 Å². The molecule has 0 fully saturated rings. The zero-order valence-corrected chi connectivity index (χ0v) is 18.5. The first-order valence-corrected chi connectivity index (χ1v) is 10.6. The third kappa shape index (κ3) is 4.34. The molecule has 8 heteroatoms. The van der Waals surface area contributed by atoms with Gasteiger partial charge in [-0.2, -0.15) is 0 Å². The number of nitrogens with one attached hydrogen (secondary N) is 1. The molecule has 8 nitrogen and oxygen atoms in total. The Morgan fingerprint density at radius 1 is 1.19 bits per heavy atom. The molecule has 1 aromatic carbocycles. The highest BCUT2D eigenvalue weighted by atomic mass is 16.5. The Bertz CT molecular complexity index is 1060. The monoisotopic (exact) mass is 423 g/mol. The molecule has 1 amide bonds. The Morgan fingerprint density at radius 2 is 2.03 bits per heavy atom. The van der Waals surface area contributed by atoms with Crippen molar-refractivity contribution in [2.45, 2.75) is 46.3 Å². The zero-order valence-electron chi connectivity index (χ0n) is 18.5. The molecule has 31 heavy (non-hydrogen) atoms. The third-order valence-corrected chi connectivity index (χ3v) is 6.09. The lowest BCUT2D eigenvalue weighted by Gasteiger charge is -2.22. The van der Waals surface area contributed by atoms with E-state index in [4.69, 9.17) is 9.15 Å². The molecule has 0 saturated heterocycles. The molecule has 3 aromatic rings. The van der Waals surface area contributed by atoms with Gasteiger partial charge in [-0.25, -0.2) is 0 Å². The van der Waals surface area contributed by atoms with Crippen LogP contribution in [0.4, 0.5) is 0 Å². The summed E-state index contributed by atoms with van der Waals surface area (Å²) in [6, 6.07) is 7.28. The molecular weight excluding hydrogens is 394 g/mol. The summed E-state index contributed by atoms with van der Waals surface area (Å²) in [6.07, 6.45) is 2.31. The average Bonchev–Trinajstić information content (AvgIpc) is 3.40. The lowest BCUT2D eigenvalue weighted by Crippen LogP contribution is -2.30. The van der Waals surface area contributed by atoms with Crippen LogP contribution in [-0.4, -0.2) is 45.8 Å². The maximum absolute atomic E-state index is 12.3. The summed E-state index contributed by atoms with van der Waals surface area (Å²) in [7, 11) is 1.71. The van der Waals surface area contributed by atoms with Gasteiger partial charge in [0.2, 0.25) is 0 Å². The number of benzene rings is 1. The Kier molecular flexibility index (Phi) is 6.08. The van der Waals surface area contributed by atoms with Crippen molar-refractivity contribution in [3.05, 3.63) is 64.6 Å². The summed E-state index contributed by atoms with van der Waals surface area (Å²) in [5.41, 5.74) is 3.78. The maximum atomic E-state index is 12.3. The van der Waals surface area contributed by atoms with Crippen LogP contribution >= 0.6 is 0 Å². The van der Waals surface area contributed by atoms with E-state index >= 15 is 0 Å². The van der Waals surface area contributed by atoms with Crippen LogP contribution in [0.5, 0.6) is 5.75 Å². The van der Waals surface area contributed by atoms with Crippen LogP contribution in [0.1, 0.15) is 51.9 Å². The van der Waals surface area contributed by atoms with E-state index in [2.05, 4.69) is 44.9 Å². The van der Waals surface area contributed by atoms with Gasteiger partial charge in [-0.1, -0.05) is 6.07 Å². The van der Waals surface area contributed by atoms with Gasteiger partial charge in [-0.05, 0) is 55.7 Å². The zero-order chi connectivity index (χ0) is 22.0. The van der Waals surface area contributed by atoms with E-state index < -0.39 is 0 Å². The number of hydrogen-bond donors (Lipinski definition) is 1. The Balaban J connectivity index is 1.43. The summed E-state index contributed by atoms with van der Waals surface area (Å²) in [4.78, 5) is 14.8. The van der Waals surface area contributed by atoms with E-state index in [0.29, 0.717) is 5.76 Å². The lowest BCUT2D eigenvalue weighted by atomic mass is 10.0. The van der Waals surface area contributed by atoms with Crippen molar-refractivity contribution in [2.24, 2.45) is 0 Å². The summed E-state index contributed by atoms with van der Waals surface area (Å²) >= 11 is 0. The van der Waals surface area contributed by atoms with Crippen LogP contribution in [0.2, 0.25) is 0 Å². The van der Waals surface area contributed by atoms with Crippen LogP contribution in [0, 0.1) is 13.8 Å². The fourth-order valence-corrected chi connectivity index (χ4v) is 4.09. The summed E-state index contributed by atoms with van der Waals surface area (Å²) in [5, 5.41) is 11.7. The van der Waals surface area contributed by atoms with Gasteiger partial charge >= 0.3 is 0 Å². The number of methoxy groups -OCH3 is 1. The van der Waals surface area contributed by atoms with Crippen LogP contribution < -0.4 is 10.1 Å². The van der Waals surface area contributed by atoms with Crippen LogP contribution in [0.3, 0.4) is 0 Å². The van der Waals surface area contributed by atoms with E-state index in [9.17, 15) is 4.79 Å². The highest BCUT2D eigenvalue weighted by Crippen LogP contribution is 2.25. The normalized spacial score (nSPS) is 15.2. The molecule has 1 unspecified atom stereocenters. The molecule has 1 N–H and O–H groups in total. The predicted molar refractivity (Wildman–Crippen MR) is 116 cm³/mol. The molecule has 0 spiro atoms. The second-order valence-electron chi connectivity index (χ2n) is 8.00. The molecule has 2 aromatic heterocycles.